The molecule has 158 valence electrons. The van der Waals surface area contributed by atoms with E-state index in [-0.39, 0.29) is 17.9 Å². The molecule has 0 saturated carbocycles. The SMILES string of the molecule is COc1cc(/C=N/NC(=O)C(=O)NCc2ccc(C(C)C)cc2)cc([N+](=O)[O-])c1O. The monoisotopic (exact) mass is 414 g/mol. The Hall–Kier alpha value is -3.95. The number of nitrogens with one attached hydrogen (secondary N) is 2. The van der Waals surface area contributed by atoms with Crippen LogP contribution in [0.2, 0.25) is 0 Å². The van der Waals surface area contributed by atoms with Crippen LogP contribution in [0.3, 0.4) is 0 Å². The van der Waals surface area contributed by atoms with Crippen LogP contribution in [0.4, 0.5) is 5.69 Å². The van der Waals surface area contributed by atoms with Crippen LogP contribution in [0.5, 0.6) is 11.5 Å². The van der Waals surface area contributed by atoms with Crippen LogP contribution in [0.1, 0.15) is 36.5 Å². The number of ether oxygens (including phenoxy) is 1. The Labute approximate surface area is 172 Å². The highest BCUT2D eigenvalue weighted by atomic mass is 16.6. The molecule has 0 spiro atoms. The van der Waals surface area contributed by atoms with Crippen molar-refractivity contribution in [1.82, 2.24) is 10.7 Å². The fraction of sp³-hybridized carbons (Fsp3) is 0.250. The van der Waals surface area contributed by atoms with Gasteiger partial charge in [0.2, 0.25) is 5.75 Å². The van der Waals surface area contributed by atoms with Crippen molar-refractivity contribution >= 4 is 23.7 Å². The van der Waals surface area contributed by atoms with Gasteiger partial charge >= 0.3 is 17.5 Å². The van der Waals surface area contributed by atoms with E-state index < -0.39 is 28.2 Å². The molecule has 30 heavy (non-hydrogen) atoms. The smallest absolute Gasteiger partial charge is 0.329 e. The van der Waals surface area contributed by atoms with Gasteiger partial charge in [-0.15, -0.1) is 0 Å². The number of rotatable bonds is 7. The second-order valence-corrected chi connectivity index (χ2v) is 6.63. The van der Waals surface area contributed by atoms with Crippen molar-refractivity contribution in [3.8, 4) is 11.5 Å². The van der Waals surface area contributed by atoms with Gasteiger partial charge in [0.1, 0.15) is 0 Å². The Bertz CT molecular complexity index is 970. The van der Waals surface area contributed by atoms with Crippen molar-refractivity contribution in [3.05, 3.63) is 63.2 Å². The molecule has 0 heterocycles. The van der Waals surface area contributed by atoms with Gasteiger partial charge in [0, 0.05) is 18.2 Å². The predicted molar refractivity (Wildman–Crippen MR) is 109 cm³/mol. The molecule has 0 unspecified atom stereocenters. The molecule has 0 aromatic heterocycles. The minimum atomic E-state index is -0.995. The van der Waals surface area contributed by atoms with Crippen molar-refractivity contribution in [2.75, 3.05) is 7.11 Å². The van der Waals surface area contributed by atoms with Crippen LogP contribution in [-0.4, -0.2) is 35.2 Å². The number of amides is 2. The van der Waals surface area contributed by atoms with Gasteiger partial charge in [-0.2, -0.15) is 5.10 Å². The second-order valence-electron chi connectivity index (χ2n) is 6.63. The summed E-state index contributed by atoms with van der Waals surface area (Å²) >= 11 is 0. The minimum absolute atomic E-state index is 0.127. The molecule has 0 bridgehead atoms. The average molecular weight is 414 g/mol. The number of phenolic OH excluding ortho intramolecular Hbond substituents is 1. The fourth-order valence-corrected chi connectivity index (χ4v) is 2.48. The summed E-state index contributed by atoms with van der Waals surface area (Å²) in [5.41, 5.74) is 3.65. The molecule has 0 saturated heterocycles. The van der Waals surface area contributed by atoms with E-state index >= 15 is 0 Å². The summed E-state index contributed by atoms with van der Waals surface area (Å²) in [4.78, 5) is 33.9. The van der Waals surface area contributed by atoms with Crippen LogP contribution in [0, 0.1) is 10.1 Å². The molecule has 0 aliphatic rings. The van der Waals surface area contributed by atoms with E-state index in [4.69, 9.17) is 4.74 Å². The van der Waals surface area contributed by atoms with Crippen LogP contribution in [-0.2, 0) is 16.1 Å². The van der Waals surface area contributed by atoms with Gasteiger partial charge in [-0.1, -0.05) is 38.1 Å². The van der Waals surface area contributed by atoms with Gasteiger partial charge in [0.25, 0.3) is 0 Å². The summed E-state index contributed by atoms with van der Waals surface area (Å²) in [5.74, 6) is -2.23. The Balaban J connectivity index is 1.94. The maximum Gasteiger partial charge on any atom is 0.329 e. The molecule has 0 aliphatic carbocycles. The number of nitro groups is 1. The third-order valence-electron chi connectivity index (χ3n) is 4.18. The van der Waals surface area contributed by atoms with E-state index in [9.17, 15) is 24.8 Å². The van der Waals surface area contributed by atoms with Crippen LogP contribution in [0.15, 0.2) is 41.5 Å². The zero-order chi connectivity index (χ0) is 22.3. The summed E-state index contributed by atoms with van der Waals surface area (Å²) in [7, 11) is 1.24. The lowest BCUT2D eigenvalue weighted by atomic mass is 10.0. The first-order chi connectivity index (χ1) is 14.2. The number of nitrogens with zero attached hydrogens (tertiary/aromatic N) is 2. The number of aromatic hydroxyl groups is 1. The highest BCUT2D eigenvalue weighted by Crippen LogP contribution is 2.36. The first kappa shape index (κ1) is 22.3. The van der Waals surface area contributed by atoms with Crippen molar-refractivity contribution in [2.45, 2.75) is 26.3 Å². The zero-order valence-corrected chi connectivity index (χ0v) is 16.7. The van der Waals surface area contributed by atoms with Gasteiger partial charge < -0.3 is 15.2 Å². The summed E-state index contributed by atoms with van der Waals surface area (Å²) in [6.45, 7) is 4.33. The quantitative estimate of drug-likeness (QED) is 0.274. The summed E-state index contributed by atoms with van der Waals surface area (Å²) in [6, 6.07) is 10.0. The maximum absolute atomic E-state index is 11.9. The molecule has 2 aromatic carbocycles. The van der Waals surface area contributed by atoms with Crippen molar-refractivity contribution in [3.63, 3.8) is 0 Å². The minimum Gasteiger partial charge on any atom is -0.500 e. The fourth-order valence-electron chi connectivity index (χ4n) is 2.48. The summed E-state index contributed by atoms with van der Waals surface area (Å²) in [5, 5.41) is 26.8. The molecule has 3 N–H and O–H groups in total. The normalized spacial score (nSPS) is 10.8. The molecular weight excluding hydrogens is 392 g/mol. The van der Waals surface area contributed by atoms with E-state index in [0.717, 1.165) is 17.8 Å². The Morgan fingerprint density at radius 3 is 2.47 bits per heavy atom. The lowest BCUT2D eigenvalue weighted by Gasteiger charge is -2.08. The molecule has 0 aliphatic heterocycles. The lowest BCUT2D eigenvalue weighted by molar-refractivity contribution is -0.386. The van der Waals surface area contributed by atoms with E-state index in [2.05, 4.69) is 24.3 Å². The van der Waals surface area contributed by atoms with Crippen LogP contribution >= 0.6 is 0 Å². The molecule has 2 amide bonds. The molecule has 10 heteroatoms. The molecule has 10 nitrogen and oxygen atoms in total. The highest BCUT2D eigenvalue weighted by Gasteiger charge is 2.19. The molecule has 0 radical (unpaired) electrons. The number of hydrazone groups is 1. The third-order valence-corrected chi connectivity index (χ3v) is 4.18. The van der Waals surface area contributed by atoms with Crippen LogP contribution in [0.25, 0.3) is 0 Å². The topological polar surface area (TPSA) is 143 Å². The van der Waals surface area contributed by atoms with E-state index in [1.165, 1.54) is 18.7 Å². The van der Waals surface area contributed by atoms with Gasteiger partial charge in [0.15, 0.2) is 5.75 Å². The Kier molecular flexibility index (Phi) is 7.45. The molecular formula is C20H22N4O6. The molecule has 2 aromatic rings. The van der Waals surface area contributed by atoms with E-state index in [1.54, 1.807) is 0 Å². The average Bonchev–Trinajstić information content (AvgIpc) is 2.72. The van der Waals surface area contributed by atoms with Crippen molar-refractivity contribution in [2.24, 2.45) is 5.10 Å². The first-order valence-electron chi connectivity index (χ1n) is 8.98. The van der Waals surface area contributed by atoms with E-state index in [1.807, 2.05) is 29.7 Å². The summed E-state index contributed by atoms with van der Waals surface area (Å²) < 4.78 is 4.87. The number of hydrogen-bond donors (Lipinski definition) is 3. The second kappa shape index (κ2) is 10.0. The number of benzene rings is 2. The number of carbonyl (C=O) groups is 2. The highest BCUT2D eigenvalue weighted by molar-refractivity contribution is 6.35. The van der Waals surface area contributed by atoms with Gasteiger partial charge in [-0.3, -0.25) is 19.7 Å². The summed E-state index contributed by atoms with van der Waals surface area (Å²) in [6.07, 6.45) is 1.09. The number of nitro benzene ring substituents is 1. The van der Waals surface area contributed by atoms with E-state index in [0.29, 0.717) is 5.92 Å². The van der Waals surface area contributed by atoms with Gasteiger partial charge in [0.05, 0.1) is 18.2 Å². The van der Waals surface area contributed by atoms with Crippen molar-refractivity contribution < 1.29 is 24.4 Å². The number of hydrogen-bond acceptors (Lipinski definition) is 7. The zero-order valence-electron chi connectivity index (χ0n) is 16.7. The Morgan fingerprint density at radius 2 is 1.90 bits per heavy atom. The number of carbonyl (C=O) groups excluding carboxylic acids is 2. The Morgan fingerprint density at radius 1 is 1.23 bits per heavy atom. The van der Waals surface area contributed by atoms with Crippen molar-refractivity contribution in [1.29, 1.82) is 0 Å². The third kappa shape index (κ3) is 5.77. The first-order valence-corrected chi connectivity index (χ1v) is 8.98. The lowest BCUT2D eigenvalue weighted by Crippen LogP contribution is -2.37. The standard InChI is InChI=1S/C20H22N4O6/c1-12(2)15-6-4-13(5-7-15)10-21-19(26)20(27)23-22-11-14-8-16(24(28)29)18(25)17(9-14)30-3/h4-9,11-12,25H,10H2,1-3H3,(H,21,26)(H,23,27)/b22-11+. The predicted octanol–water partition coefficient (Wildman–Crippen LogP) is 2.20. The molecule has 0 fully saturated rings. The maximum atomic E-state index is 11.9. The molecule has 2 rings (SSSR count). The number of phenols is 1. The van der Waals surface area contributed by atoms with Gasteiger partial charge in [-0.25, -0.2) is 5.43 Å². The van der Waals surface area contributed by atoms with Gasteiger partial charge in [-0.05, 0) is 23.1 Å². The van der Waals surface area contributed by atoms with Crippen LogP contribution < -0.4 is 15.5 Å². The molecule has 0 atom stereocenters. The largest absolute Gasteiger partial charge is 0.500 e. The number of methoxy groups -OCH3 is 1.